The molecule has 0 amide bonds. The quantitative estimate of drug-likeness (QED) is 0.323. The number of hydrogen-bond donors (Lipinski definition) is 0. The molecule has 29 heavy (non-hydrogen) atoms. The largest absolute Gasteiger partial charge is 0.267 e. The maximum atomic E-state index is 4.79. The third kappa shape index (κ3) is 4.77. The van der Waals surface area contributed by atoms with Gasteiger partial charge >= 0.3 is 0 Å². The molecule has 0 spiro atoms. The number of hydrogen-bond acceptors (Lipinski definition) is 1. The monoisotopic (exact) mass is 373 g/mol. The van der Waals surface area contributed by atoms with Crippen LogP contribution in [0.5, 0.6) is 0 Å². The van der Waals surface area contributed by atoms with Gasteiger partial charge in [0.05, 0.1) is 0 Å². The van der Waals surface area contributed by atoms with E-state index in [2.05, 4.69) is 97.1 Å². The zero-order valence-corrected chi connectivity index (χ0v) is 16.2. The van der Waals surface area contributed by atoms with Gasteiger partial charge in [0, 0.05) is 23.9 Å². The molecule has 0 heterocycles. The van der Waals surface area contributed by atoms with Gasteiger partial charge in [-0.25, -0.2) is 0 Å². The van der Waals surface area contributed by atoms with Crippen LogP contribution in [0.4, 0.5) is 0 Å². The Hall–Kier alpha value is -3.71. The van der Waals surface area contributed by atoms with Gasteiger partial charge in [-0.1, -0.05) is 121 Å². The fraction of sp³-hybridized carbons (Fsp3) is 0.0357. The highest BCUT2D eigenvalue weighted by Crippen LogP contribution is 2.25. The minimum Gasteiger partial charge on any atom is -0.267 e. The molecule has 140 valence electrons. The Balaban J connectivity index is 1.72. The molecule has 0 aromatic heterocycles. The van der Waals surface area contributed by atoms with E-state index >= 15 is 0 Å². The smallest absolute Gasteiger partial charge is 0.0443 e. The number of benzene rings is 4. The second-order valence-corrected chi connectivity index (χ2v) is 6.87. The molecule has 4 aromatic carbocycles. The highest BCUT2D eigenvalue weighted by Gasteiger charge is 2.11. The van der Waals surface area contributed by atoms with E-state index in [1.807, 2.05) is 36.7 Å². The van der Waals surface area contributed by atoms with Crippen molar-refractivity contribution in [3.8, 4) is 0 Å². The van der Waals surface area contributed by atoms with Crippen molar-refractivity contribution in [3.05, 3.63) is 150 Å². The Morgan fingerprint density at radius 1 is 0.517 bits per heavy atom. The van der Waals surface area contributed by atoms with Crippen molar-refractivity contribution in [2.24, 2.45) is 4.99 Å². The Bertz CT molecular complexity index is 985. The molecule has 0 radical (unpaired) electrons. The molecule has 0 aliphatic carbocycles. The summed E-state index contributed by atoms with van der Waals surface area (Å²) in [6, 6.07) is 41.9. The maximum Gasteiger partial charge on any atom is 0.0443 e. The lowest BCUT2D eigenvalue weighted by molar-refractivity contribution is 1.10. The maximum absolute atomic E-state index is 4.79. The van der Waals surface area contributed by atoms with Gasteiger partial charge < -0.3 is 0 Å². The fourth-order valence-corrected chi connectivity index (χ4v) is 3.44. The summed E-state index contributed by atoms with van der Waals surface area (Å²) >= 11 is 0. The van der Waals surface area contributed by atoms with Crippen LogP contribution in [-0.2, 0) is 0 Å². The summed E-state index contributed by atoms with van der Waals surface area (Å²) < 4.78 is 0. The fourth-order valence-electron chi connectivity index (χ4n) is 3.44. The van der Waals surface area contributed by atoms with Crippen LogP contribution >= 0.6 is 0 Å². The summed E-state index contributed by atoms with van der Waals surface area (Å²) in [6.45, 7) is 0. The lowest BCUT2D eigenvalue weighted by Crippen LogP contribution is -2.02. The van der Waals surface area contributed by atoms with Crippen LogP contribution in [0.15, 0.2) is 133 Å². The minimum absolute atomic E-state index is 0.112. The average molecular weight is 373 g/mol. The summed E-state index contributed by atoms with van der Waals surface area (Å²) in [5.41, 5.74) is 5.90. The Morgan fingerprint density at radius 2 is 0.897 bits per heavy atom. The van der Waals surface area contributed by atoms with E-state index in [9.17, 15) is 0 Å². The normalized spacial score (nSPS) is 10.9. The van der Waals surface area contributed by atoms with Gasteiger partial charge in [-0.15, -0.1) is 0 Å². The summed E-state index contributed by atoms with van der Waals surface area (Å²) in [7, 11) is 0. The molecule has 4 aromatic rings. The van der Waals surface area contributed by atoms with Gasteiger partial charge in [-0.05, 0) is 22.3 Å². The highest BCUT2D eigenvalue weighted by molar-refractivity contribution is 5.81. The molecule has 0 N–H and O–H groups in total. The van der Waals surface area contributed by atoms with E-state index in [1.54, 1.807) is 0 Å². The first-order valence-electron chi connectivity index (χ1n) is 9.86. The van der Waals surface area contributed by atoms with E-state index in [0.717, 1.165) is 16.7 Å². The van der Waals surface area contributed by atoms with Crippen LogP contribution in [0.2, 0.25) is 0 Å². The van der Waals surface area contributed by atoms with E-state index in [1.165, 1.54) is 11.1 Å². The first kappa shape index (κ1) is 18.6. The summed E-state index contributed by atoms with van der Waals surface area (Å²) in [5.74, 6) is 0.112. The molecule has 0 aliphatic rings. The topological polar surface area (TPSA) is 12.4 Å². The number of nitrogens with zero attached hydrogens (tertiary/aromatic N) is 1. The molecule has 0 saturated heterocycles. The van der Waals surface area contributed by atoms with E-state index in [0.29, 0.717) is 0 Å². The Morgan fingerprint density at radius 3 is 1.31 bits per heavy atom. The van der Waals surface area contributed by atoms with Crippen LogP contribution in [0, 0.1) is 0 Å². The third-order valence-electron chi connectivity index (χ3n) is 4.93. The lowest BCUT2D eigenvalue weighted by atomic mass is 9.92. The molecule has 1 heteroatoms. The van der Waals surface area contributed by atoms with Gasteiger partial charge in [0.2, 0.25) is 0 Å². The molecule has 0 saturated carbocycles. The zero-order chi connectivity index (χ0) is 19.7. The second kappa shape index (κ2) is 9.48. The third-order valence-corrected chi connectivity index (χ3v) is 4.93. The lowest BCUT2D eigenvalue weighted by Gasteiger charge is -2.13. The van der Waals surface area contributed by atoms with Crippen molar-refractivity contribution in [3.63, 3.8) is 0 Å². The zero-order valence-electron chi connectivity index (χ0n) is 16.2. The molecule has 0 atom stereocenters. The predicted octanol–water partition coefficient (Wildman–Crippen LogP) is 6.98. The van der Waals surface area contributed by atoms with Gasteiger partial charge in [0.1, 0.15) is 0 Å². The van der Waals surface area contributed by atoms with Crippen LogP contribution in [0.25, 0.3) is 5.57 Å². The second-order valence-electron chi connectivity index (χ2n) is 6.87. The van der Waals surface area contributed by atoms with Crippen molar-refractivity contribution in [2.45, 2.75) is 5.92 Å². The van der Waals surface area contributed by atoms with Gasteiger partial charge in [-0.3, -0.25) is 4.99 Å². The van der Waals surface area contributed by atoms with E-state index in [-0.39, 0.29) is 5.92 Å². The number of rotatable bonds is 6. The first-order chi connectivity index (χ1) is 14.4. The van der Waals surface area contributed by atoms with Crippen LogP contribution in [-0.4, -0.2) is 6.21 Å². The Kier molecular flexibility index (Phi) is 6.09. The highest BCUT2D eigenvalue weighted by atomic mass is 14.7. The molecular formula is C28H23N. The van der Waals surface area contributed by atoms with Crippen molar-refractivity contribution >= 4 is 11.8 Å². The van der Waals surface area contributed by atoms with Crippen molar-refractivity contribution in [2.75, 3.05) is 0 Å². The molecule has 0 unspecified atom stereocenters. The van der Waals surface area contributed by atoms with Crippen molar-refractivity contribution in [1.82, 2.24) is 0 Å². The molecular weight excluding hydrogens is 350 g/mol. The van der Waals surface area contributed by atoms with Gasteiger partial charge in [-0.2, -0.15) is 0 Å². The van der Waals surface area contributed by atoms with Crippen LogP contribution in [0.1, 0.15) is 28.2 Å². The molecule has 0 bridgehead atoms. The first-order valence-corrected chi connectivity index (χ1v) is 9.86. The Labute approximate surface area is 172 Å². The van der Waals surface area contributed by atoms with Gasteiger partial charge in [0.25, 0.3) is 0 Å². The van der Waals surface area contributed by atoms with Gasteiger partial charge in [0.15, 0.2) is 0 Å². The SMILES string of the molecule is C(=NC=C(c1ccccc1)c1ccccc1)C(c1ccccc1)c1ccccc1. The van der Waals surface area contributed by atoms with Crippen LogP contribution < -0.4 is 0 Å². The summed E-state index contributed by atoms with van der Waals surface area (Å²) in [6.07, 6.45) is 4.01. The van der Waals surface area contributed by atoms with E-state index in [4.69, 9.17) is 4.99 Å². The number of aliphatic imine (C=N–C) groups is 1. The van der Waals surface area contributed by atoms with Crippen molar-refractivity contribution < 1.29 is 0 Å². The molecule has 0 aliphatic heterocycles. The van der Waals surface area contributed by atoms with Crippen LogP contribution in [0.3, 0.4) is 0 Å². The summed E-state index contributed by atoms with van der Waals surface area (Å²) in [5, 5.41) is 0. The van der Waals surface area contributed by atoms with E-state index < -0.39 is 0 Å². The molecule has 1 nitrogen and oxygen atoms in total. The molecule has 4 rings (SSSR count). The summed E-state index contributed by atoms with van der Waals surface area (Å²) in [4.78, 5) is 4.79. The average Bonchev–Trinajstić information content (AvgIpc) is 2.81. The minimum atomic E-state index is 0.112. The molecule has 0 fully saturated rings. The van der Waals surface area contributed by atoms with Crippen molar-refractivity contribution in [1.29, 1.82) is 0 Å². The predicted molar refractivity (Wildman–Crippen MR) is 123 cm³/mol. The standard InChI is InChI=1S/C28H23N/c1-5-13-23(14-6-1)27(24-15-7-2-8-16-24)21-29-22-28(25-17-9-3-10-18-25)26-19-11-4-12-20-26/h1-22,27H.